The Bertz CT molecular complexity index is 554. The van der Waals surface area contributed by atoms with Crippen molar-refractivity contribution in [3.05, 3.63) is 47.3 Å². The lowest BCUT2D eigenvalue weighted by Gasteiger charge is -2.04. The van der Waals surface area contributed by atoms with Gasteiger partial charge in [-0.1, -0.05) is 17.7 Å². The maximum Gasteiger partial charge on any atom is 0.339 e. The van der Waals surface area contributed by atoms with E-state index in [9.17, 15) is 8.42 Å². The van der Waals surface area contributed by atoms with Crippen LogP contribution < -0.4 is 4.18 Å². The molecule has 84 valence electrons. The summed E-state index contributed by atoms with van der Waals surface area (Å²) in [4.78, 5) is 0.173. The van der Waals surface area contributed by atoms with E-state index >= 15 is 0 Å². The van der Waals surface area contributed by atoms with E-state index in [-0.39, 0.29) is 4.90 Å². The van der Waals surface area contributed by atoms with Gasteiger partial charge in [-0.25, -0.2) is 0 Å². The van der Waals surface area contributed by atoms with Crippen LogP contribution in [0.3, 0.4) is 0 Å². The van der Waals surface area contributed by atoms with E-state index in [2.05, 4.69) is 0 Å². The first-order chi connectivity index (χ1) is 7.58. The van der Waals surface area contributed by atoms with Crippen LogP contribution in [0.15, 0.2) is 46.7 Å². The Morgan fingerprint density at radius 1 is 1.12 bits per heavy atom. The van der Waals surface area contributed by atoms with Gasteiger partial charge in [0.1, 0.15) is 4.90 Å². The molecule has 0 bridgehead atoms. The number of thiophene rings is 1. The molecule has 0 saturated heterocycles. The molecule has 0 fully saturated rings. The third-order valence-corrected chi connectivity index (χ3v) is 4.10. The monoisotopic (exact) mass is 254 g/mol. The molecule has 1 heterocycles. The van der Waals surface area contributed by atoms with Crippen molar-refractivity contribution in [3.63, 3.8) is 0 Å². The third-order valence-electron chi connectivity index (χ3n) is 2.00. The summed E-state index contributed by atoms with van der Waals surface area (Å²) in [6, 6.07) is 9.92. The summed E-state index contributed by atoms with van der Waals surface area (Å²) in [7, 11) is -3.69. The first-order valence-electron chi connectivity index (χ1n) is 4.62. The highest BCUT2D eigenvalue weighted by atomic mass is 32.2. The van der Waals surface area contributed by atoms with Gasteiger partial charge in [0.25, 0.3) is 0 Å². The SMILES string of the molecule is Cc1ccc(S(=O)(=O)Oc2cccs2)cc1. The molecular weight excluding hydrogens is 244 g/mol. The molecule has 0 saturated carbocycles. The molecular formula is C11H10O3S2. The zero-order valence-electron chi connectivity index (χ0n) is 8.58. The fourth-order valence-corrected chi connectivity index (χ4v) is 2.88. The van der Waals surface area contributed by atoms with Crippen molar-refractivity contribution < 1.29 is 12.6 Å². The number of hydrogen-bond acceptors (Lipinski definition) is 4. The van der Waals surface area contributed by atoms with Crippen LogP contribution in [0, 0.1) is 6.92 Å². The maximum atomic E-state index is 11.8. The second-order valence-corrected chi connectivity index (χ2v) is 5.74. The van der Waals surface area contributed by atoms with Crippen LogP contribution in [0.4, 0.5) is 0 Å². The van der Waals surface area contributed by atoms with Gasteiger partial charge < -0.3 is 4.18 Å². The Morgan fingerprint density at radius 3 is 2.38 bits per heavy atom. The fourth-order valence-electron chi connectivity index (χ4n) is 1.17. The number of aryl methyl sites for hydroxylation is 1. The van der Waals surface area contributed by atoms with Crippen LogP contribution in [0.2, 0.25) is 0 Å². The molecule has 2 aromatic rings. The lowest BCUT2D eigenvalue weighted by molar-refractivity contribution is 0.492. The van der Waals surface area contributed by atoms with Gasteiger partial charge >= 0.3 is 10.1 Å². The zero-order valence-corrected chi connectivity index (χ0v) is 10.2. The molecule has 1 aromatic carbocycles. The summed E-state index contributed by atoms with van der Waals surface area (Å²) < 4.78 is 28.5. The lowest BCUT2D eigenvalue weighted by Crippen LogP contribution is -2.08. The van der Waals surface area contributed by atoms with Gasteiger partial charge in [0.2, 0.25) is 0 Å². The fraction of sp³-hybridized carbons (Fsp3) is 0.0909. The molecule has 0 radical (unpaired) electrons. The molecule has 5 heteroatoms. The van der Waals surface area contributed by atoms with Crippen LogP contribution >= 0.6 is 11.3 Å². The Hall–Kier alpha value is -1.33. The van der Waals surface area contributed by atoms with Crippen LogP contribution in [-0.2, 0) is 10.1 Å². The molecule has 0 unspecified atom stereocenters. The Balaban J connectivity index is 2.29. The Labute approximate surface area is 98.4 Å². The normalized spacial score (nSPS) is 11.3. The van der Waals surface area contributed by atoms with Crippen LogP contribution in [0.25, 0.3) is 0 Å². The largest absolute Gasteiger partial charge is 0.368 e. The van der Waals surface area contributed by atoms with Crippen molar-refractivity contribution in [2.45, 2.75) is 11.8 Å². The standard InChI is InChI=1S/C11H10O3S2/c1-9-4-6-10(7-5-9)16(12,13)14-11-3-2-8-15-11/h2-8H,1H3. The van der Waals surface area contributed by atoms with Gasteiger partial charge in [0.15, 0.2) is 5.06 Å². The highest BCUT2D eigenvalue weighted by Gasteiger charge is 2.16. The van der Waals surface area contributed by atoms with E-state index in [1.54, 1.807) is 29.6 Å². The van der Waals surface area contributed by atoms with E-state index in [0.717, 1.165) is 5.56 Å². The minimum Gasteiger partial charge on any atom is -0.368 e. The topological polar surface area (TPSA) is 43.4 Å². The molecule has 3 nitrogen and oxygen atoms in total. The second-order valence-electron chi connectivity index (χ2n) is 3.28. The maximum absolute atomic E-state index is 11.8. The van der Waals surface area contributed by atoms with E-state index in [1.807, 2.05) is 6.92 Å². The van der Waals surface area contributed by atoms with Gasteiger partial charge in [0, 0.05) is 0 Å². The minimum absolute atomic E-state index is 0.173. The molecule has 0 N–H and O–H groups in total. The van der Waals surface area contributed by atoms with E-state index < -0.39 is 10.1 Å². The summed E-state index contributed by atoms with van der Waals surface area (Å²) >= 11 is 1.25. The molecule has 0 aliphatic carbocycles. The predicted octanol–water partition coefficient (Wildman–Crippen LogP) is 2.82. The molecule has 0 spiro atoms. The van der Waals surface area contributed by atoms with Gasteiger partial charge in [-0.15, -0.1) is 11.3 Å². The summed E-state index contributed by atoms with van der Waals surface area (Å²) in [5.41, 5.74) is 1.01. The van der Waals surface area contributed by atoms with Gasteiger partial charge in [-0.2, -0.15) is 8.42 Å². The first kappa shape index (κ1) is 11.2. The summed E-state index contributed by atoms with van der Waals surface area (Å²) in [6.07, 6.45) is 0. The number of benzene rings is 1. The lowest BCUT2D eigenvalue weighted by atomic mass is 10.2. The highest BCUT2D eigenvalue weighted by Crippen LogP contribution is 2.23. The van der Waals surface area contributed by atoms with Crippen LogP contribution in [-0.4, -0.2) is 8.42 Å². The minimum atomic E-state index is -3.69. The average Bonchev–Trinajstić information content (AvgIpc) is 2.70. The highest BCUT2D eigenvalue weighted by molar-refractivity contribution is 7.87. The zero-order chi connectivity index (χ0) is 11.6. The van der Waals surface area contributed by atoms with Crippen LogP contribution in [0.1, 0.15) is 5.56 Å². The number of rotatable bonds is 3. The summed E-state index contributed by atoms with van der Waals surface area (Å²) in [6.45, 7) is 1.90. The third kappa shape index (κ3) is 2.43. The molecule has 0 atom stereocenters. The molecule has 0 aliphatic heterocycles. The van der Waals surface area contributed by atoms with Crippen molar-refractivity contribution in [2.24, 2.45) is 0 Å². The van der Waals surface area contributed by atoms with E-state index in [0.29, 0.717) is 5.06 Å². The predicted molar refractivity (Wildman–Crippen MR) is 63.3 cm³/mol. The summed E-state index contributed by atoms with van der Waals surface area (Å²) in [5.74, 6) is 0. The van der Waals surface area contributed by atoms with Crippen molar-refractivity contribution in [1.82, 2.24) is 0 Å². The number of hydrogen-bond donors (Lipinski definition) is 0. The molecule has 2 rings (SSSR count). The van der Waals surface area contributed by atoms with Gasteiger partial charge in [-0.3, -0.25) is 0 Å². The van der Waals surface area contributed by atoms with E-state index in [4.69, 9.17) is 4.18 Å². The quantitative estimate of drug-likeness (QED) is 0.791. The summed E-state index contributed by atoms with van der Waals surface area (Å²) in [5, 5.41) is 2.14. The second kappa shape index (κ2) is 4.27. The Morgan fingerprint density at radius 2 is 1.81 bits per heavy atom. The van der Waals surface area contributed by atoms with Crippen molar-refractivity contribution in [2.75, 3.05) is 0 Å². The van der Waals surface area contributed by atoms with Crippen molar-refractivity contribution >= 4 is 21.5 Å². The van der Waals surface area contributed by atoms with Crippen molar-refractivity contribution in [3.8, 4) is 5.06 Å². The van der Waals surface area contributed by atoms with Crippen molar-refractivity contribution in [1.29, 1.82) is 0 Å². The smallest absolute Gasteiger partial charge is 0.339 e. The Kier molecular flexibility index (Phi) is 2.98. The molecule has 16 heavy (non-hydrogen) atoms. The van der Waals surface area contributed by atoms with Gasteiger partial charge in [-0.05, 0) is 36.6 Å². The molecule has 0 aliphatic rings. The van der Waals surface area contributed by atoms with Gasteiger partial charge in [0.05, 0.1) is 0 Å². The molecule has 0 amide bonds. The first-order valence-corrected chi connectivity index (χ1v) is 6.91. The van der Waals surface area contributed by atoms with E-state index in [1.165, 1.54) is 23.5 Å². The van der Waals surface area contributed by atoms with Crippen LogP contribution in [0.5, 0.6) is 5.06 Å². The average molecular weight is 254 g/mol. The molecule has 1 aromatic heterocycles.